The van der Waals surface area contributed by atoms with Crippen LogP contribution in [-0.4, -0.2) is 17.8 Å². The molecule has 0 aliphatic carbocycles. The summed E-state index contributed by atoms with van der Waals surface area (Å²) in [4.78, 5) is 0. The fourth-order valence-corrected chi connectivity index (χ4v) is 1.06. The van der Waals surface area contributed by atoms with Crippen molar-refractivity contribution in [1.29, 1.82) is 0 Å². The second-order valence-corrected chi connectivity index (χ2v) is 3.81. The van der Waals surface area contributed by atoms with Crippen molar-refractivity contribution >= 4 is 11.4 Å². The van der Waals surface area contributed by atoms with Gasteiger partial charge >= 0.3 is 0 Å². The predicted octanol–water partition coefficient (Wildman–Crippen LogP) is 1.70. The Morgan fingerprint density at radius 2 is 1.86 bits per heavy atom. The molecule has 3 heteroatoms. The molecule has 0 aliphatic rings. The Labute approximate surface area is 84.9 Å². The summed E-state index contributed by atoms with van der Waals surface area (Å²) in [6, 6.07) is 7.49. The lowest BCUT2D eigenvalue weighted by Crippen LogP contribution is -2.24. The van der Waals surface area contributed by atoms with Gasteiger partial charge in [-0.05, 0) is 30.2 Å². The molecule has 1 atom stereocenters. The zero-order chi connectivity index (χ0) is 10.6. The van der Waals surface area contributed by atoms with E-state index in [0.29, 0.717) is 6.54 Å². The molecule has 0 radical (unpaired) electrons. The molecule has 1 rings (SSSR count). The molecule has 78 valence electrons. The fourth-order valence-electron chi connectivity index (χ4n) is 1.06. The Morgan fingerprint density at radius 1 is 1.29 bits per heavy atom. The van der Waals surface area contributed by atoms with Crippen molar-refractivity contribution in [3.8, 4) is 0 Å². The van der Waals surface area contributed by atoms with E-state index in [4.69, 9.17) is 5.73 Å². The number of hydrogen-bond acceptors (Lipinski definition) is 3. The molecule has 0 saturated heterocycles. The highest BCUT2D eigenvalue weighted by Gasteiger charge is 2.07. The standard InChI is InChI=1S/C11H18N2O/c1-8(2)11(14)7-13-10-5-3-9(12)4-6-10/h3-6,8,11,13-14H,7,12H2,1-2H3. The maximum Gasteiger partial charge on any atom is 0.0735 e. The van der Waals surface area contributed by atoms with Crippen molar-refractivity contribution in [3.63, 3.8) is 0 Å². The van der Waals surface area contributed by atoms with Crippen LogP contribution in [0.4, 0.5) is 11.4 Å². The first kappa shape index (κ1) is 10.9. The van der Waals surface area contributed by atoms with Crippen molar-refractivity contribution < 1.29 is 5.11 Å². The van der Waals surface area contributed by atoms with E-state index in [2.05, 4.69) is 5.32 Å². The number of hydrogen-bond donors (Lipinski definition) is 3. The maximum absolute atomic E-state index is 9.56. The van der Waals surface area contributed by atoms with Gasteiger partial charge in [-0.25, -0.2) is 0 Å². The van der Waals surface area contributed by atoms with E-state index in [1.807, 2.05) is 38.1 Å². The van der Waals surface area contributed by atoms with Gasteiger partial charge in [-0.15, -0.1) is 0 Å². The highest BCUT2D eigenvalue weighted by atomic mass is 16.3. The largest absolute Gasteiger partial charge is 0.399 e. The Kier molecular flexibility index (Phi) is 3.77. The molecule has 14 heavy (non-hydrogen) atoms. The van der Waals surface area contributed by atoms with Crippen LogP contribution < -0.4 is 11.1 Å². The van der Waals surface area contributed by atoms with Gasteiger partial charge in [-0.3, -0.25) is 0 Å². The van der Waals surface area contributed by atoms with Crippen LogP contribution in [0, 0.1) is 5.92 Å². The third-order valence-electron chi connectivity index (χ3n) is 2.20. The lowest BCUT2D eigenvalue weighted by atomic mass is 10.1. The van der Waals surface area contributed by atoms with Crippen molar-refractivity contribution in [2.45, 2.75) is 20.0 Å². The van der Waals surface area contributed by atoms with Crippen molar-refractivity contribution in [2.75, 3.05) is 17.6 Å². The van der Waals surface area contributed by atoms with Crippen LogP contribution in [0.5, 0.6) is 0 Å². The molecule has 3 nitrogen and oxygen atoms in total. The molecule has 1 unspecified atom stereocenters. The Morgan fingerprint density at radius 3 is 2.36 bits per heavy atom. The number of aliphatic hydroxyl groups excluding tert-OH is 1. The Balaban J connectivity index is 2.42. The number of aliphatic hydroxyl groups is 1. The molecular formula is C11H18N2O. The molecule has 0 spiro atoms. The molecule has 0 aromatic heterocycles. The first-order chi connectivity index (χ1) is 6.59. The monoisotopic (exact) mass is 194 g/mol. The smallest absolute Gasteiger partial charge is 0.0735 e. The van der Waals surface area contributed by atoms with Gasteiger partial charge in [0, 0.05) is 17.9 Å². The number of rotatable bonds is 4. The fraction of sp³-hybridized carbons (Fsp3) is 0.455. The van der Waals surface area contributed by atoms with Crippen molar-refractivity contribution in [3.05, 3.63) is 24.3 Å². The van der Waals surface area contributed by atoms with Gasteiger partial charge in [0.2, 0.25) is 0 Å². The molecule has 0 heterocycles. The van der Waals surface area contributed by atoms with Crippen LogP contribution in [0.15, 0.2) is 24.3 Å². The zero-order valence-electron chi connectivity index (χ0n) is 8.70. The van der Waals surface area contributed by atoms with Crippen LogP contribution in [0.25, 0.3) is 0 Å². The normalized spacial score (nSPS) is 12.9. The van der Waals surface area contributed by atoms with Gasteiger partial charge in [-0.1, -0.05) is 13.8 Å². The van der Waals surface area contributed by atoms with E-state index in [-0.39, 0.29) is 12.0 Å². The minimum atomic E-state index is -0.312. The van der Waals surface area contributed by atoms with Crippen molar-refractivity contribution in [2.24, 2.45) is 5.92 Å². The van der Waals surface area contributed by atoms with Crippen LogP contribution in [0.2, 0.25) is 0 Å². The summed E-state index contributed by atoms with van der Waals surface area (Å²) >= 11 is 0. The minimum absolute atomic E-state index is 0.274. The lowest BCUT2D eigenvalue weighted by Gasteiger charge is -2.15. The highest BCUT2D eigenvalue weighted by molar-refractivity contribution is 5.51. The lowest BCUT2D eigenvalue weighted by molar-refractivity contribution is 0.138. The highest BCUT2D eigenvalue weighted by Crippen LogP contribution is 2.11. The minimum Gasteiger partial charge on any atom is -0.399 e. The van der Waals surface area contributed by atoms with E-state index in [9.17, 15) is 5.11 Å². The van der Waals surface area contributed by atoms with E-state index in [0.717, 1.165) is 11.4 Å². The first-order valence-electron chi connectivity index (χ1n) is 4.87. The van der Waals surface area contributed by atoms with Crippen LogP contribution >= 0.6 is 0 Å². The van der Waals surface area contributed by atoms with E-state index >= 15 is 0 Å². The first-order valence-corrected chi connectivity index (χ1v) is 4.87. The number of benzene rings is 1. The van der Waals surface area contributed by atoms with Crippen molar-refractivity contribution in [1.82, 2.24) is 0 Å². The van der Waals surface area contributed by atoms with Crippen LogP contribution in [0.1, 0.15) is 13.8 Å². The van der Waals surface area contributed by atoms with Gasteiger partial charge < -0.3 is 16.2 Å². The van der Waals surface area contributed by atoms with Crippen LogP contribution in [0.3, 0.4) is 0 Å². The summed E-state index contributed by atoms with van der Waals surface area (Å²) in [5.74, 6) is 0.274. The van der Waals surface area contributed by atoms with Gasteiger partial charge in [0.05, 0.1) is 6.10 Å². The SMILES string of the molecule is CC(C)C(O)CNc1ccc(N)cc1. The predicted molar refractivity (Wildman–Crippen MR) is 60.2 cm³/mol. The maximum atomic E-state index is 9.56. The van der Waals surface area contributed by atoms with E-state index in [1.54, 1.807) is 0 Å². The summed E-state index contributed by atoms with van der Waals surface area (Å²) in [6.07, 6.45) is -0.312. The Bertz CT molecular complexity index is 269. The molecule has 1 aromatic carbocycles. The number of anilines is 2. The molecule has 0 saturated carbocycles. The molecule has 0 aliphatic heterocycles. The molecule has 0 bridgehead atoms. The van der Waals surface area contributed by atoms with Crippen LogP contribution in [-0.2, 0) is 0 Å². The number of nitrogens with two attached hydrogens (primary N) is 1. The average molecular weight is 194 g/mol. The summed E-state index contributed by atoms with van der Waals surface area (Å²) in [6.45, 7) is 4.56. The molecule has 4 N–H and O–H groups in total. The van der Waals surface area contributed by atoms with Gasteiger partial charge in [0.25, 0.3) is 0 Å². The Hall–Kier alpha value is -1.22. The van der Waals surface area contributed by atoms with Gasteiger partial charge in [-0.2, -0.15) is 0 Å². The summed E-state index contributed by atoms with van der Waals surface area (Å²) in [5, 5.41) is 12.7. The number of nitrogens with one attached hydrogen (secondary N) is 1. The van der Waals surface area contributed by atoms with E-state index < -0.39 is 0 Å². The number of nitrogen functional groups attached to an aromatic ring is 1. The van der Waals surface area contributed by atoms with Gasteiger partial charge in [0.1, 0.15) is 0 Å². The molecule has 0 fully saturated rings. The summed E-state index contributed by atoms with van der Waals surface area (Å²) in [5.41, 5.74) is 7.29. The molecule has 1 aromatic rings. The summed E-state index contributed by atoms with van der Waals surface area (Å²) < 4.78 is 0. The zero-order valence-corrected chi connectivity index (χ0v) is 8.70. The molecule has 0 amide bonds. The molecular weight excluding hydrogens is 176 g/mol. The third-order valence-corrected chi connectivity index (χ3v) is 2.20. The quantitative estimate of drug-likeness (QED) is 0.639. The van der Waals surface area contributed by atoms with Gasteiger partial charge in [0.15, 0.2) is 0 Å². The average Bonchev–Trinajstić information content (AvgIpc) is 2.16. The second-order valence-electron chi connectivity index (χ2n) is 3.81. The topological polar surface area (TPSA) is 58.3 Å². The summed E-state index contributed by atoms with van der Waals surface area (Å²) in [7, 11) is 0. The van der Waals surface area contributed by atoms with E-state index in [1.165, 1.54) is 0 Å². The third kappa shape index (κ3) is 3.26. The second kappa shape index (κ2) is 4.86.